The molecule has 1 aromatic rings. The van der Waals surface area contributed by atoms with E-state index in [1.807, 2.05) is 26.0 Å². The van der Waals surface area contributed by atoms with Crippen molar-refractivity contribution in [3.63, 3.8) is 0 Å². The summed E-state index contributed by atoms with van der Waals surface area (Å²) in [6.45, 7) is 4.07. The first-order valence-corrected chi connectivity index (χ1v) is 5.30. The Kier molecular flexibility index (Phi) is 4.35. The summed E-state index contributed by atoms with van der Waals surface area (Å²) >= 11 is 0. The molecule has 0 radical (unpaired) electrons. The molecule has 0 heterocycles. The second kappa shape index (κ2) is 5.54. The zero-order valence-corrected chi connectivity index (χ0v) is 10.3. The second-order valence-electron chi connectivity index (χ2n) is 3.75. The van der Waals surface area contributed by atoms with E-state index in [0.717, 1.165) is 11.3 Å². The molecule has 0 aliphatic carbocycles. The molecule has 0 aromatic heterocycles. The number of hydrogen-bond donors (Lipinski definition) is 0. The monoisotopic (exact) mass is 222 g/mol. The zero-order valence-electron chi connectivity index (χ0n) is 10.3. The van der Waals surface area contributed by atoms with Gasteiger partial charge in [-0.2, -0.15) is 0 Å². The van der Waals surface area contributed by atoms with Crippen molar-refractivity contribution in [3.8, 4) is 5.75 Å². The third-order valence-electron chi connectivity index (χ3n) is 2.90. The molecule has 0 spiro atoms. The molecule has 3 nitrogen and oxygen atoms in total. The molecule has 1 aromatic carbocycles. The SMILES string of the molecule is COC(=O)CCc1ccc(OC)c(C)c1C. The Morgan fingerprint density at radius 2 is 1.88 bits per heavy atom. The van der Waals surface area contributed by atoms with E-state index in [0.29, 0.717) is 12.8 Å². The highest BCUT2D eigenvalue weighted by Crippen LogP contribution is 2.24. The quantitative estimate of drug-likeness (QED) is 0.734. The maximum atomic E-state index is 11.1. The highest BCUT2D eigenvalue weighted by molar-refractivity contribution is 5.69. The minimum atomic E-state index is -0.173. The van der Waals surface area contributed by atoms with Crippen LogP contribution < -0.4 is 4.74 Å². The van der Waals surface area contributed by atoms with Gasteiger partial charge in [-0.25, -0.2) is 0 Å². The van der Waals surface area contributed by atoms with Crippen molar-refractivity contribution in [1.29, 1.82) is 0 Å². The Morgan fingerprint density at radius 3 is 2.44 bits per heavy atom. The van der Waals surface area contributed by atoms with Crippen LogP contribution in [0, 0.1) is 13.8 Å². The smallest absolute Gasteiger partial charge is 0.305 e. The Bertz CT molecular complexity index is 383. The van der Waals surface area contributed by atoms with Gasteiger partial charge in [0.1, 0.15) is 5.75 Å². The molecule has 0 bridgehead atoms. The zero-order chi connectivity index (χ0) is 12.1. The number of benzene rings is 1. The molecule has 0 aliphatic heterocycles. The summed E-state index contributed by atoms with van der Waals surface area (Å²) in [5.41, 5.74) is 3.48. The molecular formula is C13H18O3. The number of aryl methyl sites for hydroxylation is 1. The summed E-state index contributed by atoms with van der Waals surface area (Å²) in [6.07, 6.45) is 1.13. The van der Waals surface area contributed by atoms with Gasteiger partial charge in [0, 0.05) is 6.42 Å². The highest BCUT2D eigenvalue weighted by Gasteiger charge is 2.08. The molecule has 0 saturated carbocycles. The maximum absolute atomic E-state index is 11.1. The van der Waals surface area contributed by atoms with Crippen LogP contribution in [-0.2, 0) is 16.0 Å². The first-order valence-electron chi connectivity index (χ1n) is 5.30. The van der Waals surface area contributed by atoms with Crippen LogP contribution in [0.3, 0.4) is 0 Å². The maximum Gasteiger partial charge on any atom is 0.305 e. The molecule has 0 atom stereocenters. The minimum absolute atomic E-state index is 0.173. The number of hydrogen-bond acceptors (Lipinski definition) is 3. The molecule has 1 rings (SSSR count). The summed E-state index contributed by atoms with van der Waals surface area (Å²) in [4.78, 5) is 11.1. The fraction of sp³-hybridized carbons (Fsp3) is 0.462. The van der Waals surface area contributed by atoms with Gasteiger partial charge in [-0.15, -0.1) is 0 Å². The third kappa shape index (κ3) is 2.75. The molecule has 0 unspecified atom stereocenters. The molecule has 88 valence electrons. The van der Waals surface area contributed by atoms with Crippen molar-refractivity contribution < 1.29 is 14.3 Å². The van der Waals surface area contributed by atoms with Crippen molar-refractivity contribution in [2.45, 2.75) is 26.7 Å². The lowest BCUT2D eigenvalue weighted by molar-refractivity contribution is -0.140. The van der Waals surface area contributed by atoms with Crippen LogP contribution in [0.25, 0.3) is 0 Å². The Hall–Kier alpha value is -1.51. The van der Waals surface area contributed by atoms with E-state index < -0.39 is 0 Å². The number of ether oxygens (including phenoxy) is 2. The van der Waals surface area contributed by atoms with Crippen molar-refractivity contribution in [1.82, 2.24) is 0 Å². The minimum Gasteiger partial charge on any atom is -0.496 e. The molecule has 0 amide bonds. The largest absolute Gasteiger partial charge is 0.496 e. The number of methoxy groups -OCH3 is 2. The van der Waals surface area contributed by atoms with Gasteiger partial charge in [0.2, 0.25) is 0 Å². The van der Waals surface area contributed by atoms with Crippen LogP contribution in [0.5, 0.6) is 5.75 Å². The van der Waals surface area contributed by atoms with Crippen molar-refractivity contribution in [2.75, 3.05) is 14.2 Å². The lowest BCUT2D eigenvalue weighted by Crippen LogP contribution is -2.03. The van der Waals surface area contributed by atoms with Gasteiger partial charge in [-0.05, 0) is 43.0 Å². The second-order valence-corrected chi connectivity index (χ2v) is 3.75. The fourth-order valence-corrected chi connectivity index (χ4v) is 1.68. The standard InChI is InChI=1S/C13H18O3/c1-9-10(2)12(15-3)7-5-11(9)6-8-13(14)16-4/h5,7H,6,8H2,1-4H3. The molecule has 3 heteroatoms. The summed E-state index contributed by atoms with van der Waals surface area (Å²) in [6, 6.07) is 3.94. The van der Waals surface area contributed by atoms with Gasteiger partial charge in [0.05, 0.1) is 14.2 Å². The average molecular weight is 222 g/mol. The van der Waals surface area contributed by atoms with Crippen LogP contribution in [0.4, 0.5) is 0 Å². The Balaban J connectivity index is 2.82. The number of carbonyl (C=O) groups excluding carboxylic acids is 1. The van der Waals surface area contributed by atoms with Gasteiger partial charge in [-0.3, -0.25) is 4.79 Å². The van der Waals surface area contributed by atoms with Crippen LogP contribution in [-0.4, -0.2) is 20.2 Å². The van der Waals surface area contributed by atoms with Gasteiger partial charge < -0.3 is 9.47 Å². The summed E-state index contributed by atoms with van der Waals surface area (Å²) in [5, 5.41) is 0. The molecule has 0 aliphatic rings. The Morgan fingerprint density at radius 1 is 1.19 bits per heavy atom. The van der Waals surface area contributed by atoms with Crippen LogP contribution in [0.15, 0.2) is 12.1 Å². The van der Waals surface area contributed by atoms with E-state index in [2.05, 4.69) is 4.74 Å². The molecule has 0 saturated heterocycles. The van der Waals surface area contributed by atoms with Crippen LogP contribution in [0.2, 0.25) is 0 Å². The summed E-state index contributed by atoms with van der Waals surface area (Å²) in [5.74, 6) is 0.715. The number of esters is 1. The normalized spacial score (nSPS) is 10.0. The first-order chi connectivity index (χ1) is 7.60. The number of rotatable bonds is 4. The van der Waals surface area contributed by atoms with E-state index in [1.54, 1.807) is 7.11 Å². The van der Waals surface area contributed by atoms with E-state index in [4.69, 9.17) is 4.74 Å². The van der Waals surface area contributed by atoms with Crippen molar-refractivity contribution in [3.05, 3.63) is 28.8 Å². The molecule has 0 fully saturated rings. The predicted molar refractivity (Wildman–Crippen MR) is 62.8 cm³/mol. The lowest BCUT2D eigenvalue weighted by atomic mass is 9.99. The van der Waals surface area contributed by atoms with Crippen molar-refractivity contribution >= 4 is 5.97 Å². The highest BCUT2D eigenvalue weighted by atomic mass is 16.5. The first kappa shape index (κ1) is 12.6. The Labute approximate surface area is 96.4 Å². The lowest BCUT2D eigenvalue weighted by Gasteiger charge is -2.12. The summed E-state index contributed by atoms with van der Waals surface area (Å²) < 4.78 is 9.86. The molecular weight excluding hydrogens is 204 g/mol. The topological polar surface area (TPSA) is 35.5 Å². The average Bonchev–Trinajstić information content (AvgIpc) is 2.30. The van der Waals surface area contributed by atoms with E-state index in [-0.39, 0.29) is 5.97 Å². The van der Waals surface area contributed by atoms with E-state index in [1.165, 1.54) is 18.2 Å². The number of carbonyl (C=O) groups is 1. The van der Waals surface area contributed by atoms with E-state index in [9.17, 15) is 4.79 Å². The molecule has 16 heavy (non-hydrogen) atoms. The van der Waals surface area contributed by atoms with Gasteiger partial charge >= 0.3 is 5.97 Å². The van der Waals surface area contributed by atoms with Gasteiger partial charge in [-0.1, -0.05) is 6.07 Å². The van der Waals surface area contributed by atoms with Gasteiger partial charge in [0.15, 0.2) is 0 Å². The fourth-order valence-electron chi connectivity index (χ4n) is 1.68. The van der Waals surface area contributed by atoms with Crippen LogP contribution in [0.1, 0.15) is 23.1 Å². The van der Waals surface area contributed by atoms with Crippen molar-refractivity contribution in [2.24, 2.45) is 0 Å². The predicted octanol–water partition coefficient (Wildman–Crippen LogP) is 2.42. The van der Waals surface area contributed by atoms with Gasteiger partial charge in [0.25, 0.3) is 0 Å². The van der Waals surface area contributed by atoms with E-state index >= 15 is 0 Å². The third-order valence-corrected chi connectivity index (χ3v) is 2.90. The summed E-state index contributed by atoms with van der Waals surface area (Å²) in [7, 11) is 3.07. The van der Waals surface area contributed by atoms with Crippen LogP contribution >= 0.6 is 0 Å². The molecule has 0 N–H and O–H groups in total.